The Kier molecular flexibility index (Phi) is 8.56. The zero-order chi connectivity index (χ0) is 33.0. The van der Waals surface area contributed by atoms with Crippen LogP contribution in [0.3, 0.4) is 0 Å². The fourth-order valence-electron chi connectivity index (χ4n) is 5.14. The largest absolute Gasteiger partial charge is 0.496 e. The van der Waals surface area contributed by atoms with Gasteiger partial charge < -0.3 is 4.74 Å². The van der Waals surface area contributed by atoms with Crippen molar-refractivity contribution in [2.24, 2.45) is 0 Å². The van der Waals surface area contributed by atoms with E-state index in [1.54, 1.807) is 37.4 Å². The first-order valence-corrected chi connectivity index (χ1v) is 18.2. The molecule has 0 spiro atoms. The molecule has 13 heteroatoms. The third-order valence-electron chi connectivity index (χ3n) is 7.27. The maximum absolute atomic E-state index is 13.1. The molecule has 7 nitrogen and oxygen atoms in total. The highest BCUT2D eigenvalue weighted by Gasteiger charge is 2.38. The second-order valence-electron chi connectivity index (χ2n) is 9.90. The Morgan fingerprint density at radius 3 is 1.59 bits per heavy atom. The molecule has 46 heavy (non-hydrogen) atoms. The van der Waals surface area contributed by atoms with Crippen molar-refractivity contribution < 1.29 is 31.2 Å². The smallest absolute Gasteiger partial charge is 0.209 e. The maximum Gasteiger partial charge on any atom is 0.209 e. The molecule has 0 aliphatic carbocycles. The van der Waals surface area contributed by atoms with Gasteiger partial charge in [-0.3, -0.25) is 9.59 Å². The van der Waals surface area contributed by atoms with Gasteiger partial charge in [-0.15, -0.1) is 0 Å². The summed E-state index contributed by atoms with van der Waals surface area (Å²) in [6.45, 7) is 0. The lowest BCUT2D eigenvalue weighted by Gasteiger charge is -2.21. The monoisotopic (exact) mass is 728 g/mol. The Hall–Kier alpha value is -3.64. The van der Waals surface area contributed by atoms with E-state index in [1.165, 1.54) is 54.2 Å². The summed E-state index contributed by atoms with van der Waals surface area (Å²) in [5.74, 6) is -0.0503. The third-order valence-corrected chi connectivity index (χ3v) is 13.7. The Bertz CT molecular complexity index is 2340. The topological polar surface area (TPSA) is 112 Å². The fourth-order valence-corrected chi connectivity index (χ4v) is 10.9. The number of benzene rings is 5. The number of hydrogen-bond donors (Lipinski definition) is 0. The molecule has 0 N–H and O–H groups in total. The summed E-state index contributed by atoms with van der Waals surface area (Å²) < 4.78 is 56.6. The minimum atomic E-state index is -3.89. The second kappa shape index (κ2) is 12.2. The van der Waals surface area contributed by atoms with Crippen LogP contribution in [0.1, 0.15) is 31.8 Å². The summed E-state index contributed by atoms with van der Waals surface area (Å²) in [5, 5.41) is 0.0458. The van der Waals surface area contributed by atoms with E-state index in [9.17, 15) is 26.4 Å². The Labute approximate surface area is 283 Å². The van der Waals surface area contributed by atoms with E-state index in [4.69, 9.17) is 39.5 Å². The van der Waals surface area contributed by atoms with Gasteiger partial charge >= 0.3 is 0 Å². The van der Waals surface area contributed by atoms with E-state index in [-0.39, 0.29) is 68.5 Å². The number of carbonyl (C=O) groups excluding carboxylic acids is 2. The number of ketones is 2. The molecule has 2 heterocycles. The van der Waals surface area contributed by atoms with Crippen LogP contribution in [0.2, 0.25) is 15.1 Å². The van der Waals surface area contributed by atoms with E-state index in [0.717, 1.165) is 4.90 Å². The van der Waals surface area contributed by atoms with Gasteiger partial charge in [0.1, 0.15) is 15.5 Å². The van der Waals surface area contributed by atoms with Crippen molar-refractivity contribution in [2.75, 3.05) is 7.11 Å². The molecule has 0 bridgehead atoms. The van der Waals surface area contributed by atoms with Crippen LogP contribution in [0.4, 0.5) is 0 Å². The van der Waals surface area contributed by atoms with Gasteiger partial charge in [-0.05, 0) is 60.7 Å². The molecule has 2 aliphatic rings. The SMILES string of the molecule is COc1ccccc1Sc1ccc2c(c1Cl)S(=O)(=O)c1ccccc1C2=O.O=C1c2ccccc2S(=O)(=O)c2c1ccc(Cl)c2Cl. The minimum absolute atomic E-state index is 0.0103. The van der Waals surface area contributed by atoms with Crippen molar-refractivity contribution in [1.29, 1.82) is 0 Å². The van der Waals surface area contributed by atoms with Gasteiger partial charge in [0.2, 0.25) is 19.7 Å². The molecule has 0 fully saturated rings. The maximum atomic E-state index is 13.1. The van der Waals surface area contributed by atoms with Gasteiger partial charge in [0, 0.05) is 27.1 Å². The van der Waals surface area contributed by atoms with Crippen LogP contribution in [0.15, 0.2) is 126 Å². The molecule has 0 unspecified atom stereocenters. The number of sulfone groups is 2. The van der Waals surface area contributed by atoms with E-state index >= 15 is 0 Å². The minimum Gasteiger partial charge on any atom is -0.496 e. The number of methoxy groups -OCH3 is 1. The van der Waals surface area contributed by atoms with E-state index in [0.29, 0.717) is 10.6 Å². The molecule has 0 amide bonds. The summed E-state index contributed by atoms with van der Waals surface area (Å²) in [5.41, 5.74) is 0.496. The van der Waals surface area contributed by atoms with Crippen LogP contribution in [-0.4, -0.2) is 35.5 Å². The van der Waals surface area contributed by atoms with Crippen molar-refractivity contribution in [3.05, 3.63) is 134 Å². The Morgan fingerprint density at radius 2 is 1.02 bits per heavy atom. The van der Waals surface area contributed by atoms with Crippen molar-refractivity contribution in [3.8, 4) is 5.75 Å². The molecule has 2 aliphatic heterocycles. The zero-order valence-corrected chi connectivity index (χ0v) is 28.2. The molecular weight excluding hydrogens is 711 g/mol. The third kappa shape index (κ3) is 5.23. The first kappa shape index (κ1) is 32.3. The molecule has 0 saturated heterocycles. The number of rotatable bonds is 3. The van der Waals surface area contributed by atoms with Crippen LogP contribution in [0, 0.1) is 0 Å². The standard InChI is InChI=1S/C20H13ClO4S2.C13H6Cl2O3S/c1-25-14-7-3-4-8-15(14)26-16-11-10-13-19(22)12-6-2-5-9-17(12)27(23,24)20(13)18(16)21;14-9-6-5-8-12(16)7-3-1-2-4-10(7)19(17,18)13(8)11(9)15/h2-11H,1H3;1-6H. The molecular formula is C33H19Cl3O7S3. The predicted octanol–water partition coefficient (Wildman–Crippen LogP) is 8.25. The van der Waals surface area contributed by atoms with Gasteiger partial charge in [-0.1, -0.05) is 83.0 Å². The highest BCUT2D eigenvalue weighted by atomic mass is 35.5. The molecule has 0 radical (unpaired) electrons. The number of halogens is 3. The average molecular weight is 730 g/mol. The number of para-hydroxylation sites is 1. The summed E-state index contributed by atoms with van der Waals surface area (Å²) in [7, 11) is -6.15. The summed E-state index contributed by atoms with van der Waals surface area (Å²) in [6.07, 6.45) is 0. The zero-order valence-electron chi connectivity index (χ0n) is 23.5. The Balaban J connectivity index is 0.000000172. The molecule has 5 aromatic rings. The van der Waals surface area contributed by atoms with Gasteiger partial charge in [0.25, 0.3) is 0 Å². The molecule has 0 atom stereocenters. The number of carbonyl (C=O) groups is 2. The number of ether oxygens (including phenoxy) is 1. The summed E-state index contributed by atoms with van der Waals surface area (Å²) >= 11 is 19.6. The fraction of sp³-hybridized carbons (Fsp3) is 0.0303. The van der Waals surface area contributed by atoms with E-state index in [2.05, 4.69) is 0 Å². The predicted molar refractivity (Wildman–Crippen MR) is 176 cm³/mol. The molecule has 7 rings (SSSR count). The first-order chi connectivity index (χ1) is 21.9. The molecule has 5 aromatic carbocycles. The van der Waals surface area contributed by atoms with Gasteiger partial charge in [-0.2, -0.15) is 0 Å². The van der Waals surface area contributed by atoms with Crippen LogP contribution in [0.25, 0.3) is 0 Å². The van der Waals surface area contributed by atoms with Crippen molar-refractivity contribution in [3.63, 3.8) is 0 Å². The normalized spacial score (nSPS) is 15.0. The lowest BCUT2D eigenvalue weighted by molar-refractivity contribution is 0.102. The van der Waals surface area contributed by atoms with Crippen LogP contribution >= 0.6 is 46.6 Å². The van der Waals surface area contributed by atoms with E-state index in [1.807, 2.05) is 24.3 Å². The van der Waals surface area contributed by atoms with Gasteiger partial charge in [0.05, 0.1) is 36.9 Å². The van der Waals surface area contributed by atoms with Crippen molar-refractivity contribution in [1.82, 2.24) is 0 Å². The summed E-state index contributed by atoms with van der Waals surface area (Å²) in [6, 6.07) is 25.6. The van der Waals surface area contributed by atoms with Crippen LogP contribution in [-0.2, 0) is 19.7 Å². The highest BCUT2D eigenvalue weighted by molar-refractivity contribution is 7.99. The quantitative estimate of drug-likeness (QED) is 0.179. The lowest BCUT2D eigenvalue weighted by atomic mass is 10.0. The molecule has 232 valence electrons. The Morgan fingerprint density at radius 1 is 0.543 bits per heavy atom. The molecule has 0 saturated carbocycles. The van der Waals surface area contributed by atoms with E-state index < -0.39 is 19.7 Å². The van der Waals surface area contributed by atoms with Crippen molar-refractivity contribution >= 4 is 77.8 Å². The number of hydrogen-bond acceptors (Lipinski definition) is 8. The second-order valence-corrected chi connectivity index (χ2v) is 15.9. The number of fused-ring (bicyclic) bond motifs is 4. The summed E-state index contributed by atoms with van der Waals surface area (Å²) in [4.78, 5) is 26.0. The van der Waals surface area contributed by atoms with Gasteiger partial charge in [-0.25, -0.2) is 16.8 Å². The first-order valence-electron chi connectivity index (χ1n) is 13.3. The molecule has 0 aromatic heterocycles. The average Bonchev–Trinajstić information content (AvgIpc) is 3.05. The lowest BCUT2D eigenvalue weighted by Crippen LogP contribution is -2.20. The highest BCUT2D eigenvalue weighted by Crippen LogP contribution is 2.45. The van der Waals surface area contributed by atoms with Crippen LogP contribution < -0.4 is 4.74 Å². The van der Waals surface area contributed by atoms with Crippen LogP contribution in [0.5, 0.6) is 5.75 Å². The van der Waals surface area contributed by atoms with Gasteiger partial charge in [0.15, 0.2) is 11.6 Å². The van der Waals surface area contributed by atoms with Crippen molar-refractivity contribution in [2.45, 2.75) is 29.4 Å².